The van der Waals surface area contributed by atoms with Crippen LogP contribution in [-0.2, 0) is 0 Å². The molecule has 1 fully saturated rings. The molecular formula is C14H17F3N2O2. The lowest BCUT2D eigenvalue weighted by molar-refractivity contribution is -0.384. The zero-order valence-electron chi connectivity index (χ0n) is 11.6. The van der Waals surface area contributed by atoms with Crippen molar-refractivity contribution in [3.63, 3.8) is 0 Å². The van der Waals surface area contributed by atoms with Gasteiger partial charge in [-0.05, 0) is 44.2 Å². The molecule has 1 aromatic rings. The zero-order chi connectivity index (χ0) is 15.6. The number of anilines is 1. The van der Waals surface area contributed by atoms with Crippen LogP contribution in [-0.4, -0.2) is 17.1 Å². The molecule has 0 aromatic heterocycles. The van der Waals surface area contributed by atoms with Crippen LogP contribution in [0.2, 0.25) is 0 Å². The summed E-state index contributed by atoms with van der Waals surface area (Å²) >= 11 is 0. The Bertz CT molecular complexity index is 523. The summed E-state index contributed by atoms with van der Waals surface area (Å²) in [6.07, 6.45) is -3.26. The minimum absolute atomic E-state index is 0.0343. The first-order chi connectivity index (χ1) is 9.77. The SMILES string of the molecule is Cc1ccc(NC2CCC(C(F)(F)F)CC2)c([N+](=O)[O-])c1. The van der Waals surface area contributed by atoms with E-state index in [4.69, 9.17) is 0 Å². The molecule has 0 heterocycles. The van der Waals surface area contributed by atoms with Crippen LogP contribution in [0.15, 0.2) is 18.2 Å². The number of alkyl halides is 3. The quantitative estimate of drug-likeness (QED) is 0.663. The average molecular weight is 302 g/mol. The topological polar surface area (TPSA) is 55.2 Å². The van der Waals surface area contributed by atoms with Crippen molar-refractivity contribution < 1.29 is 18.1 Å². The molecule has 1 aliphatic rings. The first kappa shape index (κ1) is 15.6. The number of nitrogens with zero attached hydrogens (tertiary/aromatic N) is 1. The van der Waals surface area contributed by atoms with Gasteiger partial charge in [0.05, 0.1) is 10.8 Å². The molecule has 2 rings (SSSR count). The van der Waals surface area contributed by atoms with Crippen LogP contribution >= 0.6 is 0 Å². The lowest BCUT2D eigenvalue weighted by Crippen LogP contribution is -2.32. The van der Waals surface area contributed by atoms with Crippen LogP contribution in [0, 0.1) is 23.0 Å². The number of rotatable bonds is 3. The van der Waals surface area contributed by atoms with E-state index in [1.165, 1.54) is 6.07 Å². The van der Waals surface area contributed by atoms with E-state index in [-0.39, 0.29) is 24.6 Å². The maximum absolute atomic E-state index is 12.6. The smallest absolute Gasteiger partial charge is 0.377 e. The summed E-state index contributed by atoms with van der Waals surface area (Å²) in [5.74, 6) is -1.25. The van der Waals surface area contributed by atoms with E-state index >= 15 is 0 Å². The third kappa shape index (κ3) is 3.86. The Hall–Kier alpha value is -1.79. The molecule has 0 saturated heterocycles. The van der Waals surface area contributed by atoms with E-state index in [2.05, 4.69) is 5.32 Å². The Morgan fingerprint density at radius 1 is 1.24 bits per heavy atom. The van der Waals surface area contributed by atoms with Crippen LogP contribution in [0.5, 0.6) is 0 Å². The third-order valence-electron chi connectivity index (χ3n) is 3.90. The molecule has 1 aromatic carbocycles. The van der Waals surface area contributed by atoms with Crippen molar-refractivity contribution in [3.8, 4) is 0 Å². The number of halogens is 3. The molecule has 0 unspecified atom stereocenters. The van der Waals surface area contributed by atoms with Gasteiger partial charge in [0.2, 0.25) is 0 Å². The maximum Gasteiger partial charge on any atom is 0.391 e. The fraction of sp³-hybridized carbons (Fsp3) is 0.571. The molecule has 1 aliphatic carbocycles. The van der Waals surface area contributed by atoms with E-state index in [9.17, 15) is 23.3 Å². The Labute approximate surface area is 120 Å². The number of hydrogen-bond donors (Lipinski definition) is 1. The number of hydrogen-bond acceptors (Lipinski definition) is 3. The Morgan fingerprint density at radius 2 is 1.86 bits per heavy atom. The van der Waals surface area contributed by atoms with Crippen LogP contribution < -0.4 is 5.32 Å². The standard InChI is InChI=1S/C14H17F3N2O2/c1-9-2-7-12(13(8-9)19(20)21)18-11-5-3-10(4-6-11)14(15,16)17/h2,7-8,10-11,18H,3-6H2,1H3. The predicted octanol–water partition coefficient (Wildman–Crippen LogP) is 4.44. The maximum atomic E-state index is 12.6. The largest absolute Gasteiger partial charge is 0.391 e. The second kappa shape index (κ2) is 5.91. The molecular weight excluding hydrogens is 285 g/mol. The summed E-state index contributed by atoms with van der Waals surface area (Å²) in [7, 11) is 0. The molecule has 0 radical (unpaired) electrons. The molecule has 4 nitrogen and oxygen atoms in total. The van der Waals surface area contributed by atoms with Gasteiger partial charge < -0.3 is 5.32 Å². The summed E-state index contributed by atoms with van der Waals surface area (Å²) in [4.78, 5) is 10.5. The van der Waals surface area contributed by atoms with Crippen molar-refractivity contribution in [1.82, 2.24) is 0 Å². The molecule has 1 N–H and O–H groups in total. The first-order valence-electron chi connectivity index (χ1n) is 6.85. The normalized spacial score (nSPS) is 22.9. The van der Waals surface area contributed by atoms with Crippen molar-refractivity contribution in [2.45, 2.75) is 44.8 Å². The number of aryl methyl sites for hydroxylation is 1. The highest BCUT2D eigenvalue weighted by molar-refractivity contribution is 5.63. The van der Waals surface area contributed by atoms with Gasteiger partial charge in [0.1, 0.15) is 5.69 Å². The minimum Gasteiger partial charge on any atom is -0.377 e. The second-order valence-electron chi connectivity index (χ2n) is 5.51. The van der Waals surface area contributed by atoms with Crippen molar-refractivity contribution in [1.29, 1.82) is 0 Å². The van der Waals surface area contributed by atoms with Crippen molar-refractivity contribution >= 4 is 11.4 Å². The lowest BCUT2D eigenvalue weighted by atomic mass is 9.85. The fourth-order valence-electron chi connectivity index (χ4n) is 2.70. The van der Waals surface area contributed by atoms with Gasteiger partial charge in [-0.1, -0.05) is 6.07 Å². The number of benzene rings is 1. The number of nitro groups is 1. The van der Waals surface area contributed by atoms with E-state index in [0.717, 1.165) is 5.56 Å². The summed E-state index contributed by atoms with van der Waals surface area (Å²) in [5.41, 5.74) is 1.11. The summed E-state index contributed by atoms with van der Waals surface area (Å²) in [6.45, 7) is 1.76. The van der Waals surface area contributed by atoms with Gasteiger partial charge in [-0.25, -0.2) is 0 Å². The Kier molecular flexibility index (Phi) is 4.39. The van der Waals surface area contributed by atoms with Crippen LogP contribution in [0.1, 0.15) is 31.2 Å². The molecule has 21 heavy (non-hydrogen) atoms. The fourth-order valence-corrected chi connectivity index (χ4v) is 2.70. The van der Waals surface area contributed by atoms with Gasteiger partial charge in [0.25, 0.3) is 5.69 Å². The summed E-state index contributed by atoms with van der Waals surface area (Å²) in [5, 5.41) is 14.0. The zero-order valence-corrected chi connectivity index (χ0v) is 11.6. The number of nitrogens with one attached hydrogen (secondary N) is 1. The van der Waals surface area contributed by atoms with E-state index in [0.29, 0.717) is 18.5 Å². The van der Waals surface area contributed by atoms with Crippen LogP contribution in [0.4, 0.5) is 24.5 Å². The van der Waals surface area contributed by atoms with E-state index < -0.39 is 17.0 Å². The third-order valence-corrected chi connectivity index (χ3v) is 3.90. The average Bonchev–Trinajstić information content (AvgIpc) is 2.40. The minimum atomic E-state index is -4.14. The van der Waals surface area contributed by atoms with Crippen molar-refractivity contribution in [2.75, 3.05) is 5.32 Å². The van der Waals surface area contributed by atoms with Gasteiger partial charge in [0.15, 0.2) is 0 Å². The van der Waals surface area contributed by atoms with E-state index in [1.807, 2.05) is 0 Å². The van der Waals surface area contributed by atoms with E-state index in [1.54, 1.807) is 19.1 Å². The number of nitro benzene ring substituents is 1. The molecule has 0 spiro atoms. The Balaban J connectivity index is 2.03. The van der Waals surface area contributed by atoms with Crippen molar-refractivity contribution in [2.24, 2.45) is 5.92 Å². The molecule has 1 saturated carbocycles. The molecule has 0 bridgehead atoms. The predicted molar refractivity (Wildman–Crippen MR) is 73.3 cm³/mol. The highest BCUT2D eigenvalue weighted by atomic mass is 19.4. The molecule has 0 aliphatic heterocycles. The van der Waals surface area contributed by atoms with Crippen LogP contribution in [0.3, 0.4) is 0 Å². The highest BCUT2D eigenvalue weighted by Crippen LogP contribution is 2.38. The van der Waals surface area contributed by atoms with Gasteiger partial charge in [-0.3, -0.25) is 10.1 Å². The van der Waals surface area contributed by atoms with Gasteiger partial charge in [0, 0.05) is 12.1 Å². The van der Waals surface area contributed by atoms with Gasteiger partial charge in [-0.2, -0.15) is 13.2 Å². The summed E-state index contributed by atoms with van der Waals surface area (Å²) in [6, 6.07) is 4.67. The monoisotopic (exact) mass is 302 g/mol. The highest BCUT2D eigenvalue weighted by Gasteiger charge is 2.41. The van der Waals surface area contributed by atoms with Crippen LogP contribution in [0.25, 0.3) is 0 Å². The van der Waals surface area contributed by atoms with Gasteiger partial charge >= 0.3 is 6.18 Å². The second-order valence-corrected chi connectivity index (χ2v) is 5.51. The summed E-state index contributed by atoms with van der Waals surface area (Å²) < 4.78 is 37.8. The Morgan fingerprint density at radius 3 is 2.38 bits per heavy atom. The molecule has 0 amide bonds. The first-order valence-corrected chi connectivity index (χ1v) is 6.85. The molecule has 0 atom stereocenters. The van der Waals surface area contributed by atoms with Crippen molar-refractivity contribution in [3.05, 3.63) is 33.9 Å². The lowest BCUT2D eigenvalue weighted by Gasteiger charge is -2.30. The molecule has 7 heteroatoms. The van der Waals surface area contributed by atoms with Gasteiger partial charge in [-0.15, -0.1) is 0 Å². The molecule has 116 valence electrons.